The van der Waals surface area contributed by atoms with Gasteiger partial charge in [-0.05, 0) is 49.9 Å². The summed E-state index contributed by atoms with van der Waals surface area (Å²) in [6.07, 6.45) is 13.0. The van der Waals surface area contributed by atoms with Crippen molar-refractivity contribution in [3.8, 4) is 11.4 Å². The number of rotatable bonds is 5. The van der Waals surface area contributed by atoms with Crippen molar-refractivity contribution in [1.29, 1.82) is 0 Å². The molecule has 5 nitrogen and oxygen atoms in total. The number of aryl methyl sites for hydroxylation is 2. The lowest BCUT2D eigenvalue weighted by molar-refractivity contribution is 0.412. The van der Waals surface area contributed by atoms with Crippen molar-refractivity contribution in [3.05, 3.63) is 65.3 Å². The smallest absolute Gasteiger partial charge is 0.143 e. The fourth-order valence-corrected chi connectivity index (χ4v) is 4.15. The van der Waals surface area contributed by atoms with Crippen molar-refractivity contribution < 1.29 is 4.74 Å². The standard InChI is InChI=1S/C23H28N4O/c1-16-13-24-22(26-23(16)19-7-5-4-6-8-19)12-18-9-10-20(21(11-18)28-3)27-14-17(2)25-15-27/h9-11,13-15,19H,4-8,12H2,1-3H3. The minimum atomic E-state index is 0.594. The molecule has 4 rings (SSSR count). The molecular formula is C23H28N4O. The first-order valence-electron chi connectivity index (χ1n) is 10.1. The average molecular weight is 377 g/mol. The minimum absolute atomic E-state index is 0.594. The van der Waals surface area contributed by atoms with Gasteiger partial charge in [0.25, 0.3) is 0 Å². The molecule has 0 atom stereocenters. The highest BCUT2D eigenvalue weighted by atomic mass is 16.5. The normalized spacial score (nSPS) is 15.0. The predicted molar refractivity (Wildman–Crippen MR) is 110 cm³/mol. The summed E-state index contributed by atoms with van der Waals surface area (Å²) in [5.74, 6) is 2.31. The average Bonchev–Trinajstić information content (AvgIpc) is 3.16. The molecule has 0 radical (unpaired) electrons. The number of methoxy groups -OCH3 is 1. The Morgan fingerprint density at radius 1 is 1.11 bits per heavy atom. The van der Waals surface area contributed by atoms with Gasteiger partial charge in [0.15, 0.2) is 0 Å². The monoisotopic (exact) mass is 376 g/mol. The summed E-state index contributed by atoms with van der Waals surface area (Å²) in [5.41, 5.74) is 5.59. The van der Waals surface area contributed by atoms with Gasteiger partial charge in [-0.1, -0.05) is 25.3 Å². The molecule has 1 saturated carbocycles. The van der Waals surface area contributed by atoms with Crippen LogP contribution in [-0.4, -0.2) is 26.6 Å². The highest BCUT2D eigenvalue weighted by Crippen LogP contribution is 2.33. The Balaban J connectivity index is 1.59. The van der Waals surface area contributed by atoms with Crippen molar-refractivity contribution in [3.63, 3.8) is 0 Å². The van der Waals surface area contributed by atoms with Gasteiger partial charge in [0.2, 0.25) is 0 Å². The van der Waals surface area contributed by atoms with Crippen LogP contribution in [0.5, 0.6) is 5.75 Å². The van der Waals surface area contributed by atoms with E-state index in [0.29, 0.717) is 12.3 Å². The van der Waals surface area contributed by atoms with Crippen molar-refractivity contribution in [1.82, 2.24) is 19.5 Å². The molecule has 28 heavy (non-hydrogen) atoms. The first kappa shape index (κ1) is 18.7. The highest BCUT2D eigenvalue weighted by Gasteiger charge is 2.19. The van der Waals surface area contributed by atoms with Gasteiger partial charge < -0.3 is 9.30 Å². The van der Waals surface area contributed by atoms with Crippen LogP contribution in [0.25, 0.3) is 5.69 Å². The molecular weight excluding hydrogens is 348 g/mol. The van der Waals surface area contributed by atoms with Crippen molar-refractivity contribution in [2.45, 2.75) is 58.3 Å². The lowest BCUT2D eigenvalue weighted by Crippen LogP contribution is -2.11. The number of aromatic nitrogens is 4. The number of ether oxygens (including phenoxy) is 1. The van der Waals surface area contributed by atoms with E-state index in [2.05, 4.69) is 35.1 Å². The van der Waals surface area contributed by atoms with Gasteiger partial charge >= 0.3 is 0 Å². The largest absolute Gasteiger partial charge is 0.495 e. The Labute approximate surface area is 166 Å². The zero-order valence-corrected chi connectivity index (χ0v) is 17.0. The number of imidazole rings is 1. The number of hydrogen-bond donors (Lipinski definition) is 0. The van der Waals surface area contributed by atoms with E-state index >= 15 is 0 Å². The van der Waals surface area contributed by atoms with Crippen molar-refractivity contribution in [2.24, 2.45) is 0 Å². The molecule has 2 aromatic heterocycles. The van der Waals surface area contributed by atoms with E-state index in [4.69, 9.17) is 9.72 Å². The van der Waals surface area contributed by atoms with Crippen LogP contribution in [0.4, 0.5) is 0 Å². The predicted octanol–water partition coefficient (Wildman–Crippen LogP) is 4.93. The lowest BCUT2D eigenvalue weighted by atomic mass is 9.85. The minimum Gasteiger partial charge on any atom is -0.495 e. The van der Waals surface area contributed by atoms with E-state index in [1.54, 1.807) is 7.11 Å². The molecule has 146 valence electrons. The second kappa shape index (κ2) is 8.13. The zero-order valence-electron chi connectivity index (χ0n) is 17.0. The topological polar surface area (TPSA) is 52.8 Å². The lowest BCUT2D eigenvalue weighted by Gasteiger charge is -2.22. The summed E-state index contributed by atoms with van der Waals surface area (Å²) < 4.78 is 7.62. The molecule has 1 aromatic carbocycles. The van der Waals surface area contributed by atoms with Crippen LogP contribution in [0.1, 0.15) is 66.4 Å². The van der Waals surface area contributed by atoms with Gasteiger partial charge in [-0.2, -0.15) is 0 Å². The summed E-state index contributed by atoms with van der Waals surface area (Å²) in [6.45, 7) is 4.12. The maximum atomic E-state index is 5.64. The van der Waals surface area contributed by atoms with E-state index in [-0.39, 0.29) is 0 Å². The van der Waals surface area contributed by atoms with Gasteiger partial charge in [0.1, 0.15) is 11.6 Å². The Morgan fingerprint density at radius 2 is 1.93 bits per heavy atom. The molecule has 1 fully saturated rings. The number of hydrogen-bond acceptors (Lipinski definition) is 4. The second-order valence-electron chi connectivity index (χ2n) is 7.79. The first-order valence-corrected chi connectivity index (χ1v) is 10.1. The summed E-state index contributed by atoms with van der Waals surface area (Å²) >= 11 is 0. The highest BCUT2D eigenvalue weighted by molar-refractivity contribution is 5.49. The van der Waals surface area contributed by atoms with Gasteiger partial charge in [-0.15, -0.1) is 0 Å². The molecule has 5 heteroatoms. The molecule has 1 aliphatic rings. The van der Waals surface area contributed by atoms with E-state index in [1.165, 1.54) is 43.4 Å². The van der Waals surface area contributed by atoms with Crippen molar-refractivity contribution in [2.75, 3.05) is 7.11 Å². The van der Waals surface area contributed by atoms with Crippen LogP contribution < -0.4 is 4.74 Å². The maximum Gasteiger partial charge on any atom is 0.143 e. The molecule has 1 aliphatic carbocycles. The van der Waals surface area contributed by atoms with Crippen LogP contribution in [0.3, 0.4) is 0 Å². The Kier molecular flexibility index (Phi) is 5.42. The van der Waals surface area contributed by atoms with Crippen LogP contribution in [-0.2, 0) is 6.42 Å². The SMILES string of the molecule is COc1cc(Cc2ncc(C)c(C3CCCCC3)n2)ccc1-n1cnc(C)c1. The fraction of sp³-hybridized carbons (Fsp3) is 0.435. The Hall–Kier alpha value is -2.69. The van der Waals surface area contributed by atoms with Gasteiger partial charge in [-0.3, -0.25) is 0 Å². The Morgan fingerprint density at radius 3 is 2.64 bits per heavy atom. The Bertz CT molecular complexity index is 957. The maximum absolute atomic E-state index is 5.64. The quantitative estimate of drug-likeness (QED) is 0.634. The summed E-state index contributed by atoms with van der Waals surface area (Å²) in [4.78, 5) is 13.9. The van der Waals surface area contributed by atoms with Crippen LogP contribution >= 0.6 is 0 Å². The molecule has 0 saturated heterocycles. The number of nitrogens with zero attached hydrogens (tertiary/aromatic N) is 4. The third-order valence-electron chi connectivity index (χ3n) is 5.65. The van der Waals surface area contributed by atoms with Gasteiger partial charge in [0, 0.05) is 24.7 Å². The summed E-state index contributed by atoms with van der Waals surface area (Å²) in [6, 6.07) is 6.27. The molecule has 0 N–H and O–H groups in total. The van der Waals surface area contributed by atoms with Gasteiger partial charge in [0.05, 0.1) is 30.5 Å². The summed E-state index contributed by atoms with van der Waals surface area (Å²) in [7, 11) is 1.70. The van der Waals surface area contributed by atoms with Gasteiger partial charge in [-0.25, -0.2) is 15.0 Å². The number of benzene rings is 1. The van der Waals surface area contributed by atoms with E-state index in [9.17, 15) is 0 Å². The molecule has 0 unspecified atom stereocenters. The second-order valence-corrected chi connectivity index (χ2v) is 7.79. The summed E-state index contributed by atoms with van der Waals surface area (Å²) in [5, 5.41) is 0. The molecule has 0 amide bonds. The third kappa shape index (κ3) is 3.93. The molecule has 3 aromatic rings. The molecule has 2 heterocycles. The van der Waals surface area contributed by atoms with Crippen LogP contribution in [0, 0.1) is 13.8 Å². The van der Waals surface area contributed by atoms with E-state index < -0.39 is 0 Å². The molecule has 0 aliphatic heterocycles. The van der Waals surface area contributed by atoms with Crippen molar-refractivity contribution >= 4 is 0 Å². The van der Waals surface area contributed by atoms with E-state index in [0.717, 1.165) is 28.5 Å². The zero-order chi connectivity index (χ0) is 19.5. The van der Waals surface area contributed by atoms with Crippen LogP contribution in [0.2, 0.25) is 0 Å². The molecule has 0 bridgehead atoms. The van der Waals surface area contributed by atoms with Crippen LogP contribution in [0.15, 0.2) is 36.9 Å². The fourth-order valence-electron chi connectivity index (χ4n) is 4.15. The van der Waals surface area contributed by atoms with E-state index in [1.807, 2.05) is 30.2 Å². The molecule has 0 spiro atoms. The first-order chi connectivity index (χ1) is 13.6. The third-order valence-corrected chi connectivity index (χ3v) is 5.65.